The van der Waals surface area contributed by atoms with Gasteiger partial charge in [-0.25, -0.2) is 0 Å². The number of rotatable bonds is 1. The lowest BCUT2D eigenvalue weighted by Gasteiger charge is -2.62. The highest BCUT2D eigenvalue weighted by Gasteiger charge is 2.60. The molecule has 0 saturated heterocycles. The highest BCUT2D eigenvalue weighted by molar-refractivity contribution is 5.17. The molecule has 0 aliphatic heterocycles. The molecule has 0 amide bonds. The summed E-state index contributed by atoms with van der Waals surface area (Å²) in [7, 11) is 0. The summed E-state index contributed by atoms with van der Waals surface area (Å²) in [6, 6.07) is 0. The van der Waals surface area contributed by atoms with Gasteiger partial charge in [-0.3, -0.25) is 0 Å². The van der Waals surface area contributed by atoms with E-state index in [-0.39, 0.29) is 11.0 Å². The Morgan fingerprint density at radius 1 is 0.941 bits per heavy atom. The molecule has 2 saturated carbocycles. The summed E-state index contributed by atoms with van der Waals surface area (Å²) >= 11 is 0. The summed E-state index contributed by atoms with van der Waals surface area (Å²) in [5.41, 5.74) is 6.06. The van der Waals surface area contributed by atoms with Gasteiger partial charge in [-0.1, -0.05) is 34.6 Å². The first kappa shape index (κ1) is 13.4. The standard InChI is InChI=1S/C15H29NO/c1-11-6-12(2,3)10-15(17,7-11)14(16)8-13(4,5)9-14/h11,17H,6-10,16H2,1-5H3. The van der Waals surface area contributed by atoms with Crippen molar-refractivity contribution in [1.29, 1.82) is 0 Å². The van der Waals surface area contributed by atoms with E-state index in [1.54, 1.807) is 0 Å². The molecule has 2 fully saturated rings. The van der Waals surface area contributed by atoms with E-state index in [0.717, 1.165) is 25.7 Å². The predicted octanol–water partition coefficient (Wildman–Crippen LogP) is 3.08. The smallest absolute Gasteiger partial charge is 0.0834 e. The summed E-state index contributed by atoms with van der Waals surface area (Å²) in [5, 5.41) is 11.1. The average molecular weight is 239 g/mol. The van der Waals surface area contributed by atoms with Crippen LogP contribution in [0.15, 0.2) is 0 Å². The minimum atomic E-state index is -0.649. The molecule has 0 aromatic carbocycles. The molecule has 100 valence electrons. The van der Waals surface area contributed by atoms with Crippen molar-refractivity contribution in [2.24, 2.45) is 22.5 Å². The number of nitrogens with two attached hydrogens (primary N) is 1. The van der Waals surface area contributed by atoms with Crippen LogP contribution in [0.2, 0.25) is 0 Å². The Bertz CT molecular complexity index is 313. The Balaban J connectivity index is 2.19. The van der Waals surface area contributed by atoms with E-state index in [1.807, 2.05) is 0 Å². The fourth-order valence-corrected chi connectivity index (χ4v) is 4.89. The van der Waals surface area contributed by atoms with Crippen LogP contribution >= 0.6 is 0 Å². The molecule has 2 rings (SSSR count). The molecular formula is C15H29NO. The molecule has 0 spiro atoms. The van der Waals surface area contributed by atoms with Crippen LogP contribution in [0, 0.1) is 16.7 Å². The number of hydrogen-bond acceptors (Lipinski definition) is 2. The van der Waals surface area contributed by atoms with Gasteiger partial charge in [0.15, 0.2) is 0 Å². The normalized spacial score (nSPS) is 42.9. The molecule has 0 radical (unpaired) electrons. The van der Waals surface area contributed by atoms with Crippen LogP contribution in [0.25, 0.3) is 0 Å². The molecular weight excluding hydrogens is 210 g/mol. The highest BCUT2D eigenvalue weighted by atomic mass is 16.3. The Morgan fingerprint density at radius 3 is 1.88 bits per heavy atom. The van der Waals surface area contributed by atoms with Gasteiger partial charge >= 0.3 is 0 Å². The third-order valence-electron chi connectivity index (χ3n) is 4.87. The van der Waals surface area contributed by atoms with Gasteiger partial charge in [0, 0.05) is 5.54 Å². The maximum atomic E-state index is 11.1. The molecule has 2 atom stereocenters. The van der Waals surface area contributed by atoms with Crippen LogP contribution in [0.4, 0.5) is 0 Å². The van der Waals surface area contributed by atoms with Crippen molar-refractivity contribution in [2.75, 3.05) is 0 Å². The fourth-order valence-electron chi connectivity index (χ4n) is 4.89. The summed E-state index contributed by atoms with van der Waals surface area (Å²) in [6.45, 7) is 11.3. The van der Waals surface area contributed by atoms with Crippen molar-refractivity contribution in [3.63, 3.8) is 0 Å². The van der Waals surface area contributed by atoms with Gasteiger partial charge in [0.2, 0.25) is 0 Å². The van der Waals surface area contributed by atoms with Gasteiger partial charge in [-0.2, -0.15) is 0 Å². The monoisotopic (exact) mass is 239 g/mol. The second-order valence-electron chi connectivity index (χ2n) is 8.56. The van der Waals surface area contributed by atoms with E-state index in [1.165, 1.54) is 6.42 Å². The van der Waals surface area contributed by atoms with Gasteiger partial charge in [0.25, 0.3) is 0 Å². The quantitative estimate of drug-likeness (QED) is 0.738. The van der Waals surface area contributed by atoms with Crippen LogP contribution in [0.1, 0.15) is 66.7 Å². The van der Waals surface area contributed by atoms with Crippen LogP contribution in [-0.2, 0) is 0 Å². The van der Waals surface area contributed by atoms with E-state index >= 15 is 0 Å². The van der Waals surface area contributed by atoms with Gasteiger partial charge in [-0.05, 0) is 48.9 Å². The van der Waals surface area contributed by atoms with E-state index in [2.05, 4.69) is 34.6 Å². The predicted molar refractivity (Wildman–Crippen MR) is 71.7 cm³/mol. The molecule has 2 nitrogen and oxygen atoms in total. The Morgan fingerprint density at radius 2 is 1.47 bits per heavy atom. The summed E-state index contributed by atoms with van der Waals surface area (Å²) < 4.78 is 0. The van der Waals surface area contributed by atoms with E-state index in [9.17, 15) is 5.11 Å². The SMILES string of the molecule is CC1CC(C)(C)CC(O)(C2(N)CC(C)(C)C2)C1. The van der Waals surface area contributed by atoms with Gasteiger partial charge in [0.1, 0.15) is 0 Å². The van der Waals surface area contributed by atoms with Crippen LogP contribution in [-0.4, -0.2) is 16.2 Å². The molecule has 3 N–H and O–H groups in total. The van der Waals surface area contributed by atoms with E-state index < -0.39 is 5.60 Å². The Kier molecular flexibility index (Phi) is 2.73. The second kappa shape index (κ2) is 3.48. The van der Waals surface area contributed by atoms with Crippen molar-refractivity contribution < 1.29 is 5.11 Å². The molecule has 0 aromatic heterocycles. The minimum absolute atomic E-state index is 0.221. The third kappa shape index (κ3) is 2.26. The first-order chi connectivity index (χ1) is 7.47. The van der Waals surface area contributed by atoms with Gasteiger partial charge in [0.05, 0.1) is 5.60 Å². The lowest BCUT2D eigenvalue weighted by molar-refractivity contribution is -0.163. The Labute approximate surface area is 106 Å². The Hall–Kier alpha value is -0.0800. The average Bonchev–Trinajstić information content (AvgIpc) is 1.93. The minimum Gasteiger partial charge on any atom is -0.388 e. The first-order valence-electron chi connectivity index (χ1n) is 6.98. The van der Waals surface area contributed by atoms with Crippen LogP contribution in [0.3, 0.4) is 0 Å². The maximum absolute atomic E-state index is 11.1. The fraction of sp³-hybridized carbons (Fsp3) is 1.00. The molecule has 2 unspecified atom stereocenters. The van der Waals surface area contributed by atoms with Crippen molar-refractivity contribution >= 4 is 0 Å². The largest absolute Gasteiger partial charge is 0.388 e. The molecule has 0 aromatic rings. The van der Waals surface area contributed by atoms with Crippen LogP contribution in [0.5, 0.6) is 0 Å². The lowest BCUT2D eigenvalue weighted by Crippen LogP contribution is -2.71. The molecule has 0 bridgehead atoms. The zero-order valence-corrected chi connectivity index (χ0v) is 12.1. The molecule has 17 heavy (non-hydrogen) atoms. The summed E-state index contributed by atoms with van der Waals surface area (Å²) in [4.78, 5) is 0. The van der Waals surface area contributed by atoms with Crippen LogP contribution < -0.4 is 5.73 Å². The lowest BCUT2D eigenvalue weighted by atomic mass is 9.48. The van der Waals surface area contributed by atoms with Crippen molar-refractivity contribution in [3.05, 3.63) is 0 Å². The molecule has 2 heteroatoms. The summed E-state index contributed by atoms with van der Waals surface area (Å²) in [6.07, 6.45) is 4.85. The zero-order chi connectivity index (χ0) is 13.1. The summed E-state index contributed by atoms with van der Waals surface area (Å²) in [5.74, 6) is 0.577. The number of aliphatic hydroxyl groups is 1. The van der Waals surface area contributed by atoms with Crippen molar-refractivity contribution in [3.8, 4) is 0 Å². The van der Waals surface area contributed by atoms with Gasteiger partial charge in [-0.15, -0.1) is 0 Å². The van der Waals surface area contributed by atoms with E-state index in [4.69, 9.17) is 5.73 Å². The number of hydrogen-bond donors (Lipinski definition) is 2. The van der Waals surface area contributed by atoms with Gasteiger partial charge < -0.3 is 10.8 Å². The second-order valence-corrected chi connectivity index (χ2v) is 8.56. The molecule has 0 heterocycles. The highest BCUT2D eigenvalue weighted by Crippen LogP contribution is 2.58. The van der Waals surface area contributed by atoms with E-state index in [0.29, 0.717) is 11.3 Å². The maximum Gasteiger partial charge on any atom is 0.0834 e. The topological polar surface area (TPSA) is 46.2 Å². The third-order valence-corrected chi connectivity index (χ3v) is 4.87. The first-order valence-corrected chi connectivity index (χ1v) is 6.98. The van der Waals surface area contributed by atoms with Crippen molar-refractivity contribution in [1.82, 2.24) is 0 Å². The molecule has 2 aliphatic rings. The molecule has 2 aliphatic carbocycles. The zero-order valence-electron chi connectivity index (χ0n) is 12.1. The van der Waals surface area contributed by atoms with Crippen molar-refractivity contribution in [2.45, 2.75) is 77.9 Å².